The van der Waals surface area contributed by atoms with Gasteiger partial charge in [0.1, 0.15) is 6.04 Å². The third-order valence-corrected chi connectivity index (χ3v) is 6.39. The van der Waals surface area contributed by atoms with E-state index in [0.717, 1.165) is 40.1 Å². The molecule has 2 atom stereocenters. The lowest BCUT2D eigenvalue weighted by molar-refractivity contribution is 0.0926. The Labute approximate surface area is 165 Å². The standard InChI is InChI=1S/C20H20N4O3S/c25-19-8-12-11-28-7-5-15(12)23-24(19)18-10-27-9-17(18)22-20(26)14-2-1-3-16-13(14)4-6-21-16/h1-4,6,8,17-18,21H,5,7,9-11H2,(H,22,26). The maximum Gasteiger partial charge on any atom is 0.267 e. The smallest absolute Gasteiger partial charge is 0.267 e. The van der Waals surface area contributed by atoms with E-state index in [1.165, 1.54) is 4.68 Å². The van der Waals surface area contributed by atoms with Crippen LogP contribution < -0.4 is 10.9 Å². The quantitative estimate of drug-likeness (QED) is 0.706. The van der Waals surface area contributed by atoms with Crippen molar-refractivity contribution in [1.82, 2.24) is 20.1 Å². The number of nitrogens with zero attached hydrogens (tertiary/aromatic N) is 2. The molecule has 4 heterocycles. The predicted octanol–water partition coefficient (Wildman–Crippen LogP) is 1.88. The van der Waals surface area contributed by atoms with Crippen molar-refractivity contribution in [2.75, 3.05) is 19.0 Å². The van der Waals surface area contributed by atoms with Crippen LogP contribution in [0.4, 0.5) is 0 Å². The number of fused-ring (bicyclic) bond motifs is 2. The van der Waals surface area contributed by atoms with Gasteiger partial charge in [-0.1, -0.05) is 6.07 Å². The Bertz CT molecular complexity index is 1110. The van der Waals surface area contributed by atoms with Crippen molar-refractivity contribution in [3.63, 3.8) is 0 Å². The van der Waals surface area contributed by atoms with Crippen LogP contribution in [0.2, 0.25) is 0 Å². The van der Waals surface area contributed by atoms with Crippen molar-refractivity contribution in [2.45, 2.75) is 24.3 Å². The van der Waals surface area contributed by atoms with Crippen LogP contribution in [0.15, 0.2) is 41.3 Å². The minimum atomic E-state index is -0.304. The average Bonchev–Trinajstić information content (AvgIpc) is 3.36. The van der Waals surface area contributed by atoms with Gasteiger partial charge in [-0.3, -0.25) is 9.59 Å². The number of amides is 1. The molecule has 5 rings (SSSR count). The summed E-state index contributed by atoms with van der Waals surface area (Å²) in [5.74, 6) is 1.67. The molecule has 8 heteroatoms. The third-order valence-electron chi connectivity index (χ3n) is 5.38. The fourth-order valence-electron chi connectivity index (χ4n) is 3.92. The molecule has 28 heavy (non-hydrogen) atoms. The van der Waals surface area contributed by atoms with Crippen LogP contribution in [-0.4, -0.2) is 45.7 Å². The Balaban J connectivity index is 1.42. The predicted molar refractivity (Wildman–Crippen MR) is 108 cm³/mol. The van der Waals surface area contributed by atoms with Crippen LogP contribution in [0.5, 0.6) is 0 Å². The van der Waals surface area contributed by atoms with Gasteiger partial charge in [0.05, 0.1) is 24.9 Å². The van der Waals surface area contributed by atoms with Crippen LogP contribution >= 0.6 is 11.8 Å². The second kappa shape index (κ2) is 7.10. The van der Waals surface area contributed by atoms with Crippen molar-refractivity contribution < 1.29 is 9.53 Å². The maximum atomic E-state index is 12.9. The van der Waals surface area contributed by atoms with Crippen LogP contribution in [0.3, 0.4) is 0 Å². The highest BCUT2D eigenvalue weighted by Crippen LogP contribution is 2.24. The third kappa shape index (κ3) is 3.02. The number of aromatic nitrogens is 3. The number of thioether (sulfide) groups is 1. The van der Waals surface area contributed by atoms with Crippen molar-refractivity contribution >= 4 is 28.6 Å². The van der Waals surface area contributed by atoms with Gasteiger partial charge in [0.25, 0.3) is 11.5 Å². The molecule has 2 unspecified atom stereocenters. The summed E-state index contributed by atoms with van der Waals surface area (Å²) in [6.07, 6.45) is 2.68. The SMILES string of the molecule is O=C(NC1COCC1n1nc2c(cc1=O)CSCC2)c1cccc2[nH]ccc12. The number of carbonyl (C=O) groups excluding carboxylic acids is 1. The van der Waals surface area contributed by atoms with E-state index < -0.39 is 0 Å². The second-order valence-corrected chi connectivity index (χ2v) is 8.24. The van der Waals surface area contributed by atoms with E-state index in [1.54, 1.807) is 12.1 Å². The van der Waals surface area contributed by atoms with Gasteiger partial charge in [0.15, 0.2) is 0 Å². The van der Waals surface area contributed by atoms with Gasteiger partial charge in [0.2, 0.25) is 0 Å². The molecule has 0 aliphatic carbocycles. The van der Waals surface area contributed by atoms with Gasteiger partial charge in [-0.05, 0) is 29.5 Å². The summed E-state index contributed by atoms with van der Waals surface area (Å²) in [5.41, 5.74) is 3.39. The first-order valence-electron chi connectivity index (χ1n) is 9.35. The number of hydrogen-bond donors (Lipinski definition) is 2. The lowest BCUT2D eigenvalue weighted by Crippen LogP contribution is -2.44. The number of nitrogens with one attached hydrogen (secondary N) is 2. The Morgan fingerprint density at radius 1 is 1.32 bits per heavy atom. The fraction of sp³-hybridized carbons (Fsp3) is 0.350. The molecule has 1 saturated heterocycles. The fourth-order valence-corrected chi connectivity index (χ4v) is 4.87. The average molecular weight is 396 g/mol. The first-order valence-corrected chi connectivity index (χ1v) is 10.5. The molecule has 144 valence electrons. The number of aryl methyl sites for hydroxylation is 1. The second-order valence-electron chi connectivity index (χ2n) is 7.13. The topological polar surface area (TPSA) is 89.0 Å². The van der Waals surface area contributed by atoms with Gasteiger partial charge < -0.3 is 15.0 Å². The van der Waals surface area contributed by atoms with Crippen LogP contribution in [0.1, 0.15) is 27.7 Å². The van der Waals surface area contributed by atoms with E-state index in [-0.39, 0.29) is 23.6 Å². The lowest BCUT2D eigenvalue weighted by atomic mass is 10.1. The maximum absolute atomic E-state index is 12.9. The molecule has 0 spiro atoms. The zero-order chi connectivity index (χ0) is 19.1. The highest BCUT2D eigenvalue weighted by atomic mass is 32.2. The number of ether oxygens (including phenoxy) is 1. The first-order chi connectivity index (χ1) is 13.7. The molecule has 0 radical (unpaired) electrons. The summed E-state index contributed by atoms with van der Waals surface area (Å²) < 4.78 is 7.11. The van der Waals surface area contributed by atoms with E-state index in [1.807, 2.05) is 36.2 Å². The summed E-state index contributed by atoms with van der Waals surface area (Å²) >= 11 is 1.82. The molecule has 0 saturated carbocycles. The van der Waals surface area contributed by atoms with Crippen LogP contribution in [-0.2, 0) is 16.9 Å². The number of carbonyl (C=O) groups is 1. The molecule has 2 N–H and O–H groups in total. The minimum absolute atomic E-state index is 0.135. The highest BCUT2D eigenvalue weighted by Gasteiger charge is 2.33. The van der Waals surface area contributed by atoms with Gasteiger partial charge in [0, 0.05) is 40.9 Å². The van der Waals surface area contributed by atoms with Gasteiger partial charge in [-0.25, -0.2) is 4.68 Å². The van der Waals surface area contributed by atoms with Crippen molar-refractivity contribution in [2.24, 2.45) is 0 Å². The summed E-state index contributed by atoms with van der Waals surface area (Å²) in [5, 5.41) is 8.54. The molecule has 2 aliphatic rings. The number of rotatable bonds is 3. The Kier molecular flexibility index (Phi) is 4.44. The van der Waals surface area contributed by atoms with E-state index in [9.17, 15) is 9.59 Å². The molecule has 7 nitrogen and oxygen atoms in total. The summed E-state index contributed by atoms with van der Waals surface area (Å²) in [4.78, 5) is 28.7. The Morgan fingerprint density at radius 2 is 2.25 bits per heavy atom. The van der Waals surface area contributed by atoms with E-state index >= 15 is 0 Å². The molecule has 2 aromatic heterocycles. The molecular weight excluding hydrogens is 376 g/mol. The molecule has 1 fully saturated rings. The molecule has 3 aromatic rings. The van der Waals surface area contributed by atoms with Crippen molar-refractivity contribution in [3.8, 4) is 0 Å². The monoisotopic (exact) mass is 396 g/mol. The van der Waals surface area contributed by atoms with Gasteiger partial charge in [-0.2, -0.15) is 16.9 Å². The highest BCUT2D eigenvalue weighted by molar-refractivity contribution is 7.98. The number of hydrogen-bond acceptors (Lipinski definition) is 5. The van der Waals surface area contributed by atoms with E-state index in [4.69, 9.17) is 4.74 Å². The minimum Gasteiger partial charge on any atom is -0.377 e. The Morgan fingerprint density at radius 3 is 3.18 bits per heavy atom. The lowest BCUT2D eigenvalue weighted by Gasteiger charge is -2.23. The Hall–Kier alpha value is -2.58. The number of aromatic amines is 1. The number of benzene rings is 1. The summed E-state index contributed by atoms with van der Waals surface area (Å²) in [6, 6.07) is 8.56. The molecule has 1 amide bonds. The molecule has 2 aliphatic heterocycles. The summed E-state index contributed by atoms with van der Waals surface area (Å²) in [7, 11) is 0. The van der Waals surface area contributed by atoms with Crippen LogP contribution in [0.25, 0.3) is 10.9 Å². The van der Waals surface area contributed by atoms with Crippen molar-refractivity contribution in [3.05, 3.63) is 63.7 Å². The number of H-pyrrole nitrogens is 1. The van der Waals surface area contributed by atoms with Crippen molar-refractivity contribution in [1.29, 1.82) is 0 Å². The van der Waals surface area contributed by atoms with E-state index in [2.05, 4.69) is 15.4 Å². The zero-order valence-electron chi connectivity index (χ0n) is 15.2. The molecule has 1 aromatic carbocycles. The van der Waals surface area contributed by atoms with Gasteiger partial charge in [-0.15, -0.1) is 0 Å². The summed E-state index contributed by atoms with van der Waals surface area (Å²) in [6.45, 7) is 0.723. The van der Waals surface area contributed by atoms with Crippen LogP contribution in [0, 0.1) is 0 Å². The largest absolute Gasteiger partial charge is 0.377 e. The molecular formula is C20H20N4O3S. The van der Waals surface area contributed by atoms with E-state index in [0.29, 0.717) is 18.8 Å². The first kappa shape index (κ1) is 17.5. The molecule has 0 bridgehead atoms. The normalized spacial score (nSPS) is 21.6. The zero-order valence-corrected chi connectivity index (χ0v) is 16.0. The van der Waals surface area contributed by atoms with Gasteiger partial charge >= 0.3 is 0 Å².